The van der Waals surface area contributed by atoms with Gasteiger partial charge in [-0.05, 0) is 25.2 Å². The van der Waals surface area contributed by atoms with Crippen molar-refractivity contribution >= 4 is 10.0 Å². The Morgan fingerprint density at radius 2 is 1.93 bits per heavy atom. The maximum atomic E-state index is 11.9. The fraction of sp³-hybridized carbons (Fsp3) is 1.00. The molecule has 0 unspecified atom stereocenters. The summed E-state index contributed by atoms with van der Waals surface area (Å²) in [7, 11) is -2.97. The van der Waals surface area contributed by atoms with Crippen molar-refractivity contribution in [1.29, 1.82) is 0 Å². The van der Waals surface area contributed by atoms with Crippen molar-refractivity contribution in [2.75, 3.05) is 12.3 Å². The summed E-state index contributed by atoms with van der Waals surface area (Å²) in [5.74, 6) is 0.721. The predicted molar refractivity (Wildman–Crippen MR) is 58.6 cm³/mol. The van der Waals surface area contributed by atoms with Crippen LogP contribution in [0.3, 0.4) is 0 Å². The van der Waals surface area contributed by atoms with Gasteiger partial charge >= 0.3 is 0 Å². The Morgan fingerprint density at radius 1 is 1.36 bits per heavy atom. The second-order valence-electron chi connectivity index (χ2n) is 4.51. The smallest absolute Gasteiger partial charge is 0.212 e. The summed E-state index contributed by atoms with van der Waals surface area (Å²) < 4.78 is 25.5. The van der Waals surface area contributed by atoms with Gasteiger partial charge in [0, 0.05) is 12.6 Å². The lowest BCUT2D eigenvalue weighted by molar-refractivity contribution is 0.360. The van der Waals surface area contributed by atoms with Crippen LogP contribution in [-0.2, 0) is 10.0 Å². The molecule has 0 saturated heterocycles. The van der Waals surface area contributed by atoms with E-state index in [1.165, 1.54) is 0 Å². The van der Waals surface area contributed by atoms with Crippen molar-refractivity contribution in [1.82, 2.24) is 4.31 Å². The van der Waals surface area contributed by atoms with Crippen LogP contribution in [0.25, 0.3) is 0 Å². The molecule has 0 amide bonds. The van der Waals surface area contributed by atoms with Crippen LogP contribution < -0.4 is 0 Å². The van der Waals surface area contributed by atoms with Crippen LogP contribution in [-0.4, -0.2) is 31.1 Å². The van der Waals surface area contributed by atoms with Crippen LogP contribution in [0.5, 0.6) is 0 Å². The molecule has 0 radical (unpaired) electrons. The second kappa shape index (κ2) is 4.62. The van der Waals surface area contributed by atoms with E-state index >= 15 is 0 Å². The molecular formula is C10H21NO2S. The Balaban J connectivity index is 2.66. The summed E-state index contributed by atoms with van der Waals surface area (Å²) in [4.78, 5) is 0. The fourth-order valence-electron chi connectivity index (χ4n) is 1.59. The van der Waals surface area contributed by atoms with Gasteiger partial charge in [-0.2, -0.15) is 4.31 Å². The van der Waals surface area contributed by atoms with Gasteiger partial charge in [0.2, 0.25) is 10.0 Å². The average Bonchev–Trinajstić information content (AvgIpc) is 2.81. The topological polar surface area (TPSA) is 37.4 Å². The quantitative estimate of drug-likeness (QED) is 0.683. The highest BCUT2D eigenvalue weighted by Gasteiger charge is 2.36. The normalized spacial score (nSPS) is 18.1. The maximum Gasteiger partial charge on any atom is 0.214 e. The van der Waals surface area contributed by atoms with Gasteiger partial charge in [-0.1, -0.05) is 20.8 Å². The lowest BCUT2D eigenvalue weighted by Crippen LogP contribution is -2.37. The molecule has 0 atom stereocenters. The number of hydrogen-bond donors (Lipinski definition) is 0. The Bertz CT molecular complexity index is 268. The average molecular weight is 219 g/mol. The molecule has 0 spiro atoms. The van der Waals surface area contributed by atoms with E-state index in [0.29, 0.717) is 30.7 Å². The first kappa shape index (κ1) is 12.0. The predicted octanol–water partition coefficient (Wildman–Crippen LogP) is 1.85. The number of sulfonamides is 1. The highest BCUT2D eigenvalue weighted by molar-refractivity contribution is 7.89. The van der Waals surface area contributed by atoms with Gasteiger partial charge in [-0.3, -0.25) is 0 Å². The molecule has 0 heterocycles. The standard InChI is InChI=1S/C10H21NO2S/c1-4-7-14(12,13)11(8-9(2)3)10-5-6-10/h9-10H,4-8H2,1-3H3. The van der Waals surface area contributed by atoms with E-state index in [4.69, 9.17) is 0 Å². The summed E-state index contributed by atoms with van der Waals surface area (Å²) in [5, 5.41) is 0. The van der Waals surface area contributed by atoms with E-state index < -0.39 is 10.0 Å². The molecule has 0 N–H and O–H groups in total. The molecule has 0 bridgehead atoms. The molecule has 1 rings (SSSR count). The minimum atomic E-state index is -2.97. The number of hydrogen-bond acceptors (Lipinski definition) is 2. The molecule has 84 valence electrons. The highest BCUT2D eigenvalue weighted by Crippen LogP contribution is 2.30. The zero-order chi connectivity index (χ0) is 10.8. The van der Waals surface area contributed by atoms with Gasteiger partial charge in [-0.25, -0.2) is 8.42 Å². The lowest BCUT2D eigenvalue weighted by Gasteiger charge is -2.23. The molecule has 1 aliphatic rings. The highest BCUT2D eigenvalue weighted by atomic mass is 32.2. The monoisotopic (exact) mass is 219 g/mol. The van der Waals surface area contributed by atoms with Gasteiger partial charge in [0.25, 0.3) is 0 Å². The van der Waals surface area contributed by atoms with Crippen molar-refractivity contribution < 1.29 is 8.42 Å². The minimum absolute atomic E-state index is 0.302. The van der Waals surface area contributed by atoms with Crippen molar-refractivity contribution in [3.8, 4) is 0 Å². The molecule has 1 aliphatic carbocycles. The third-order valence-corrected chi connectivity index (χ3v) is 4.40. The van der Waals surface area contributed by atoms with Crippen LogP contribution >= 0.6 is 0 Å². The van der Waals surface area contributed by atoms with Crippen LogP contribution in [0.1, 0.15) is 40.0 Å². The molecular weight excluding hydrogens is 198 g/mol. The van der Waals surface area contributed by atoms with E-state index in [1.54, 1.807) is 4.31 Å². The van der Waals surface area contributed by atoms with Crippen LogP contribution in [0, 0.1) is 5.92 Å². The van der Waals surface area contributed by atoms with Crippen molar-refractivity contribution in [2.45, 2.75) is 46.1 Å². The van der Waals surface area contributed by atoms with Gasteiger partial charge in [0.05, 0.1) is 5.75 Å². The van der Waals surface area contributed by atoms with Crippen molar-refractivity contribution in [2.24, 2.45) is 5.92 Å². The first-order chi connectivity index (χ1) is 6.47. The molecule has 0 aromatic carbocycles. The van der Waals surface area contributed by atoms with Gasteiger partial charge in [-0.15, -0.1) is 0 Å². The maximum absolute atomic E-state index is 11.9. The molecule has 3 nitrogen and oxygen atoms in total. The van der Waals surface area contributed by atoms with Crippen LogP contribution in [0.4, 0.5) is 0 Å². The summed E-state index contributed by atoms with van der Waals surface area (Å²) in [5.41, 5.74) is 0. The zero-order valence-corrected chi connectivity index (χ0v) is 10.2. The van der Waals surface area contributed by atoms with E-state index in [-0.39, 0.29) is 0 Å². The van der Waals surface area contributed by atoms with E-state index in [0.717, 1.165) is 12.8 Å². The van der Waals surface area contributed by atoms with Crippen LogP contribution in [0.2, 0.25) is 0 Å². The van der Waals surface area contributed by atoms with Gasteiger partial charge in [0.1, 0.15) is 0 Å². The molecule has 0 aromatic rings. The molecule has 0 aliphatic heterocycles. The Labute approximate surface area is 87.5 Å². The SMILES string of the molecule is CCCS(=O)(=O)N(CC(C)C)C1CC1. The first-order valence-corrected chi connectivity index (χ1v) is 7.07. The van der Waals surface area contributed by atoms with Crippen LogP contribution in [0.15, 0.2) is 0 Å². The second-order valence-corrected chi connectivity index (χ2v) is 6.55. The fourth-order valence-corrected chi connectivity index (χ4v) is 3.53. The Morgan fingerprint density at radius 3 is 2.29 bits per heavy atom. The minimum Gasteiger partial charge on any atom is -0.212 e. The number of nitrogens with zero attached hydrogens (tertiary/aromatic N) is 1. The van der Waals surface area contributed by atoms with E-state index in [2.05, 4.69) is 13.8 Å². The van der Waals surface area contributed by atoms with Gasteiger partial charge < -0.3 is 0 Å². The number of rotatable bonds is 6. The summed E-state index contributed by atoms with van der Waals surface area (Å²) in [6, 6.07) is 0.314. The van der Waals surface area contributed by atoms with Crippen molar-refractivity contribution in [3.63, 3.8) is 0 Å². The third kappa shape index (κ3) is 3.24. The summed E-state index contributed by atoms with van der Waals surface area (Å²) in [6.45, 7) is 6.73. The molecule has 1 fully saturated rings. The molecule has 4 heteroatoms. The largest absolute Gasteiger partial charge is 0.214 e. The molecule has 14 heavy (non-hydrogen) atoms. The Kier molecular flexibility index (Phi) is 3.95. The first-order valence-electron chi connectivity index (χ1n) is 5.47. The van der Waals surface area contributed by atoms with E-state index in [9.17, 15) is 8.42 Å². The summed E-state index contributed by atoms with van der Waals surface area (Å²) >= 11 is 0. The van der Waals surface area contributed by atoms with E-state index in [1.807, 2.05) is 6.92 Å². The van der Waals surface area contributed by atoms with Gasteiger partial charge in [0.15, 0.2) is 0 Å². The lowest BCUT2D eigenvalue weighted by atomic mass is 10.2. The Hall–Kier alpha value is -0.0900. The molecule has 1 saturated carbocycles. The third-order valence-electron chi connectivity index (χ3n) is 2.32. The molecule has 0 aromatic heterocycles. The summed E-state index contributed by atoms with van der Waals surface area (Å²) in [6.07, 6.45) is 2.81. The zero-order valence-electron chi connectivity index (χ0n) is 9.36. The van der Waals surface area contributed by atoms with Crippen molar-refractivity contribution in [3.05, 3.63) is 0 Å².